The Labute approximate surface area is 104 Å². The van der Waals surface area contributed by atoms with Gasteiger partial charge in [0.15, 0.2) is 0 Å². The van der Waals surface area contributed by atoms with Gasteiger partial charge in [-0.25, -0.2) is 0 Å². The minimum Gasteiger partial charge on any atom is -0.496 e. The summed E-state index contributed by atoms with van der Waals surface area (Å²) >= 11 is 0. The Balaban J connectivity index is 2.91. The highest BCUT2D eigenvalue weighted by Crippen LogP contribution is 2.30. The molecule has 3 nitrogen and oxygen atoms in total. The molecule has 0 amide bonds. The Morgan fingerprint density at radius 3 is 2.47 bits per heavy atom. The van der Waals surface area contributed by atoms with Crippen molar-refractivity contribution in [2.24, 2.45) is 5.73 Å². The van der Waals surface area contributed by atoms with E-state index in [9.17, 15) is 0 Å². The molecule has 0 saturated heterocycles. The second-order valence-corrected chi connectivity index (χ2v) is 4.46. The van der Waals surface area contributed by atoms with Crippen molar-refractivity contribution in [3.63, 3.8) is 0 Å². The minimum absolute atomic E-state index is 0.0713. The van der Waals surface area contributed by atoms with Gasteiger partial charge < -0.3 is 15.2 Å². The summed E-state index contributed by atoms with van der Waals surface area (Å²) in [7, 11) is 1.70. The zero-order valence-corrected chi connectivity index (χ0v) is 11.2. The Kier molecular flexibility index (Phi) is 5.45. The topological polar surface area (TPSA) is 44.5 Å². The van der Waals surface area contributed by atoms with E-state index in [4.69, 9.17) is 15.2 Å². The summed E-state index contributed by atoms with van der Waals surface area (Å²) in [5.41, 5.74) is 7.82. The van der Waals surface area contributed by atoms with E-state index in [1.54, 1.807) is 7.11 Å². The minimum atomic E-state index is 0.0713. The van der Waals surface area contributed by atoms with E-state index in [1.807, 2.05) is 19.1 Å². The third kappa shape index (κ3) is 3.72. The van der Waals surface area contributed by atoms with Gasteiger partial charge in [-0.2, -0.15) is 0 Å². The van der Waals surface area contributed by atoms with Gasteiger partial charge in [0.2, 0.25) is 0 Å². The highest BCUT2D eigenvalue weighted by atomic mass is 16.5. The fourth-order valence-corrected chi connectivity index (χ4v) is 1.80. The summed E-state index contributed by atoms with van der Waals surface area (Å²) in [6, 6.07) is 6.21. The third-order valence-electron chi connectivity index (χ3n) is 2.83. The molecule has 1 aromatic rings. The summed E-state index contributed by atoms with van der Waals surface area (Å²) in [5, 5.41) is 0. The van der Waals surface area contributed by atoms with Crippen LogP contribution in [0, 0.1) is 0 Å². The molecule has 0 aliphatic rings. The average Bonchev–Trinajstić information content (AvgIpc) is 2.34. The van der Waals surface area contributed by atoms with E-state index >= 15 is 0 Å². The van der Waals surface area contributed by atoms with Gasteiger partial charge in [0.25, 0.3) is 0 Å². The largest absolute Gasteiger partial charge is 0.496 e. The Morgan fingerprint density at radius 2 is 1.94 bits per heavy atom. The van der Waals surface area contributed by atoms with Crippen LogP contribution in [-0.2, 0) is 4.74 Å². The number of nitrogens with two attached hydrogens (primary N) is 1. The van der Waals surface area contributed by atoms with Gasteiger partial charge in [-0.3, -0.25) is 0 Å². The maximum absolute atomic E-state index is 5.62. The molecule has 0 spiro atoms. The van der Waals surface area contributed by atoms with Gasteiger partial charge in [0.05, 0.1) is 19.8 Å². The van der Waals surface area contributed by atoms with Crippen LogP contribution in [0.4, 0.5) is 0 Å². The number of ether oxygens (including phenoxy) is 2. The maximum atomic E-state index is 5.62. The van der Waals surface area contributed by atoms with Gasteiger partial charge in [-0.05, 0) is 36.1 Å². The summed E-state index contributed by atoms with van der Waals surface area (Å²) in [4.78, 5) is 0. The Bertz CT molecular complexity index is 350. The summed E-state index contributed by atoms with van der Waals surface area (Å²) in [6.45, 7) is 7.50. The van der Waals surface area contributed by atoms with E-state index in [-0.39, 0.29) is 6.10 Å². The van der Waals surface area contributed by atoms with E-state index in [0.717, 1.165) is 5.75 Å². The smallest absolute Gasteiger partial charge is 0.122 e. The zero-order valence-electron chi connectivity index (χ0n) is 11.2. The Morgan fingerprint density at radius 1 is 1.24 bits per heavy atom. The second-order valence-electron chi connectivity index (χ2n) is 4.46. The predicted octanol–water partition coefficient (Wildman–Crippen LogP) is 2.85. The van der Waals surface area contributed by atoms with Crippen LogP contribution in [0.25, 0.3) is 0 Å². The number of hydrogen-bond donors (Lipinski definition) is 1. The highest BCUT2D eigenvalue weighted by molar-refractivity contribution is 5.39. The zero-order chi connectivity index (χ0) is 12.8. The van der Waals surface area contributed by atoms with Crippen molar-refractivity contribution < 1.29 is 9.47 Å². The molecule has 0 heterocycles. The SMILES string of the molecule is COc1ccc(C(C)OCCN)cc1C(C)C. The van der Waals surface area contributed by atoms with Crippen LogP contribution in [0.3, 0.4) is 0 Å². The van der Waals surface area contributed by atoms with Crippen LogP contribution < -0.4 is 10.5 Å². The van der Waals surface area contributed by atoms with Crippen molar-refractivity contribution in [3.05, 3.63) is 29.3 Å². The van der Waals surface area contributed by atoms with Gasteiger partial charge >= 0.3 is 0 Å². The molecule has 2 N–H and O–H groups in total. The van der Waals surface area contributed by atoms with Crippen LogP contribution in [0.1, 0.15) is 43.9 Å². The lowest BCUT2D eigenvalue weighted by Gasteiger charge is -2.17. The molecule has 0 radical (unpaired) electrons. The molecule has 1 rings (SSSR count). The first kappa shape index (κ1) is 14.0. The normalized spacial score (nSPS) is 12.8. The van der Waals surface area contributed by atoms with Crippen molar-refractivity contribution in [3.8, 4) is 5.75 Å². The second kappa shape index (κ2) is 6.62. The molecule has 0 fully saturated rings. The lowest BCUT2D eigenvalue weighted by atomic mass is 9.98. The molecule has 0 bridgehead atoms. The van der Waals surface area contributed by atoms with E-state index in [2.05, 4.69) is 19.9 Å². The van der Waals surface area contributed by atoms with Crippen LogP contribution in [0.15, 0.2) is 18.2 Å². The van der Waals surface area contributed by atoms with Crippen molar-refractivity contribution >= 4 is 0 Å². The molecule has 0 aromatic heterocycles. The summed E-state index contributed by atoms with van der Waals surface area (Å²) < 4.78 is 11.0. The summed E-state index contributed by atoms with van der Waals surface area (Å²) in [5.74, 6) is 1.38. The van der Waals surface area contributed by atoms with Crippen molar-refractivity contribution in [1.82, 2.24) is 0 Å². The molecule has 96 valence electrons. The molecular weight excluding hydrogens is 214 g/mol. The molecule has 0 saturated carbocycles. The van der Waals surface area contributed by atoms with Crippen molar-refractivity contribution in [1.29, 1.82) is 0 Å². The first-order valence-electron chi connectivity index (χ1n) is 6.09. The van der Waals surface area contributed by atoms with Gasteiger partial charge in [-0.1, -0.05) is 19.9 Å². The predicted molar refractivity (Wildman–Crippen MR) is 70.5 cm³/mol. The van der Waals surface area contributed by atoms with E-state index in [1.165, 1.54) is 11.1 Å². The van der Waals surface area contributed by atoms with Crippen LogP contribution in [0.2, 0.25) is 0 Å². The molecule has 1 atom stereocenters. The number of benzene rings is 1. The van der Waals surface area contributed by atoms with Gasteiger partial charge in [0.1, 0.15) is 5.75 Å². The van der Waals surface area contributed by atoms with E-state index < -0.39 is 0 Å². The van der Waals surface area contributed by atoms with Crippen molar-refractivity contribution in [2.75, 3.05) is 20.3 Å². The van der Waals surface area contributed by atoms with Gasteiger partial charge in [0, 0.05) is 6.54 Å². The standard InChI is InChI=1S/C14H23NO2/c1-10(2)13-9-12(5-6-14(13)16-4)11(3)17-8-7-15/h5-6,9-11H,7-8,15H2,1-4H3. The Hall–Kier alpha value is -1.06. The molecule has 17 heavy (non-hydrogen) atoms. The summed E-state index contributed by atoms with van der Waals surface area (Å²) in [6.07, 6.45) is 0.0713. The quantitative estimate of drug-likeness (QED) is 0.827. The molecule has 0 aliphatic carbocycles. The fourth-order valence-electron chi connectivity index (χ4n) is 1.80. The molecule has 0 aliphatic heterocycles. The molecular formula is C14H23NO2. The molecule has 1 aromatic carbocycles. The number of hydrogen-bond acceptors (Lipinski definition) is 3. The van der Waals surface area contributed by atoms with Crippen LogP contribution in [-0.4, -0.2) is 20.3 Å². The van der Waals surface area contributed by atoms with Gasteiger partial charge in [-0.15, -0.1) is 0 Å². The lowest BCUT2D eigenvalue weighted by Crippen LogP contribution is -2.11. The average molecular weight is 237 g/mol. The fraction of sp³-hybridized carbons (Fsp3) is 0.571. The number of methoxy groups -OCH3 is 1. The number of rotatable bonds is 6. The molecule has 1 unspecified atom stereocenters. The lowest BCUT2D eigenvalue weighted by molar-refractivity contribution is 0.0717. The van der Waals surface area contributed by atoms with Crippen molar-refractivity contribution in [2.45, 2.75) is 32.8 Å². The first-order valence-corrected chi connectivity index (χ1v) is 6.09. The first-order chi connectivity index (χ1) is 8.10. The maximum Gasteiger partial charge on any atom is 0.122 e. The molecule has 3 heteroatoms. The third-order valence-corrected chi connectivity index (χ3v) is 2.83. The van der Waals surface area contributed by atoms with Crippen LogP contribution in [0.5, 0.6) is 5.75 Å². The van der Waals surface area contributed by atoms with E-state index in [0.29, 0.717) is 19.1 Å². The van der Waals surface area contributed by atoms with Crippen LogP contribution >= 0.6 is 0 Å². The highest BCUT2D eigenvalue weighted by Gasteiger charge is 2.12. The monoisotopic (exact) mass is 237 g/mol.